The number of carbonyl (C=O) groups is 2. The number of methoxy groups -OCH3 is 1. The molecule has 0 aromatic heterocycles. The van der Waals surface area contributed by atoms with Gasteiger partial charge in [0.25, 0.3) is 0 Å². The fraction of sp³-hybridized carbons (Fsp3) is 0.385. The van der Waals surface area contributed by atoms with E-state index in [-0.39, 0.29) is 0 Å². The first-order valence-electron chi connectivity index (χ1n) is 6.16. The zero-order chi connectivity index (χ0) is 15.1. The molecule has 1 aromatic rings. The minimum atomic E-state index is -0.544. The lowest BCUT2D eigenvalue weighted by Crippen LogP contribution is -2.45. The first kappa shape index (κ1) is 16.3. The number of rotatable bonds is 5. The quantitative estimate of drug-likeness (QED) is 0.764. The number of urea groups is 1. The van der Waals surface area contributed by atoms with Crippen LogP contribution in [-0.4, -0.2) is 31.6 Å². The minimum absolute atomic E-state index is 0.400. The molecule has 0 bridgehead atoms. The molecule has 20 heavy (non-hydrogen) atoms. The zero-order valence-electron chi connectivity index (χ0n) is 11.6. The Morgan fingerprint density at radius 1 is 1.40 bits per heavy atom. The number of halogens is 1. The van der Waals surface area contributed by atoms with Gasteiger partial charge in [-0.25, -0.2) is 4.79 Å². The fourth-order valence-corrected chi connectivity index (χ4v) is 2.04. The molecule has 0 saturated carbocycles. The molecule has 110 valence electrons. The number of carbonyl (C=O) groups excluding carboxylic acids is 2. The maximum absolute atomic E-state index is 11.8. The number of nitrogens with one attached hydrogen (secondary N) is 3. The van der Waals surface area contributed by atoms with E-state index in [1.807, 2.05) is 0 Å². The third kappa shape index (κ3) is 4.73. The molecule has 0 radical (unpaired) electrons. The Labute approximate surface area is 126 Å². The monoisotopic (exact) mass is 343 g/mol. The second-order valence-electron chi connectivity index (χ2n) is 4.06. The van der Waals surface area contributed by atoms with Gasteiger partial charge in [0.1, 0.15) is 11.8 Å². The summed E-state index contributed by atoms with van der Waals surface area (Å²) in [4.78, 5) is 23.0. The Hall–Kier alpha value is -1.76. The van der Waals surface area contributed by atoms with Crippen molar-refractivity contribution in [2.75, 3.05) is 19.0 Å². The van der Waals surface area contributed by atoms with E-state index in [2.05, 4.69) is 31.9 Å². The number of hydrogen-bond donors (Lipinski definition) is 3. The molecule has 7 heteroatoms. The van der Waals surface area contributed by atoms with Gasteiger partial charge in [0, 0.05) is 12.2 Å². The second kappa shape index (κ2) is 7.74. The normalized spacial score (nSPS) is 11.4. The Bertz CT molecular complexity index is 494. The number of imide groups is 1. The van der Waals surface area contributed by atoms with E-state index in [1.165, 1.54) is 0 Å². The summed E-state index contributed by atoms with van der Waals surface area (Å²) in [7, 11) is 1.58. The van der Waals surface area contributed by atoms with Crippen molar-refractivity contribution in [1.29, 1.82) is 0 Å². The average Bonchev–Trinajstić information content (AvgIpc) is 2.39. The summed E-state index contributed by atoms with van der Waals surface area (Å²) in [5, 5.41) is 7.75. The van der Waals surface area contributed by atoms with Crippen LogP contribution in [0.4, 0.5) is 10.5 Å². The second-order valence-corrected chi connectivity index (χ2v) is 4.92. The molecule has 3 amide bonds. The number of ether oxygens (including phenoxy) is 1. The molecule has 0 aliphatic carbocycles. The molecule has 1 aromatic carbocycles. The van der Waals surface area contributed by atoms with Gasteiger partial charge in [0.05, 0.1) is 11.6 Å². The van der Waals surface area contributed by atoms with Crippen LogP contribution in [0.15, 0.2) is 22.7 Å². The minimum Gasteiger partial charge on any atom is -0.496 e. The Morgan fingerprint density at radius 3 is 2.65 bits per heavy atom. The third-order valence-corrected chi connectivity index (χ3v) is 3.12. The van der Waals surface area contributed by atoms with Gasteiger partial charge in [-0.15, -0.1) is 0 Å². The zero-order valence-corrected chi connectivity index (χ0v) is 13.2. The van der Waals surface area contributed by atoms with Crippen molar-refractivity contribution < 1.29 is 14.3 Å². The topological polar surface area (TPSA) is 79.5 Å². The molecular formula is C13H18BrN3O3. The van der Waals surface area contributed by atoms with Gasteiger partial charge in [-0.2, -0.15) is 0 Å². The maximum atomic E-state index is 11.8. The van der Waals surface area contributed by atoms with Gasteiger partial charge >= 0.3 is 6.03 Å². The highest BCUT2D eigenvalue weighted by Gasteiger charge is 2.15. The van der Waals surface area contributed by atoms with Crippen molar-refractivity contribution in [3.63, 3.8) is 0 Å². The summed E-state index contributed by atoms with van der Waals surface area (Å²) in [5.74, 6) is 0.304. The molecule has 0 spiro atoms. The van der Waals surface area contributed by atoms with E-state index >= 15 is 0 Å². The van der Waals surface area contributed by atoms with E-state index in [0.29, 0.717) is 12.3 Å². The van der Waals surface area contributed by atoms with E-state index in [4.69, 9.17) is 4.74 Å². The number of amides is 3. The Balaban J connectivity index is 2.61. The van der Waals surface area contributed by atoms with Gasteiger partial charge in [-0.3, -0.25) is 10.1 Å². The fourth-order valence-electron chi connectivity index (χ4n) is 1.50. The number of anilines is 1. The lowest BCUT2D eigenvalue weighted by molar-refractivity contribution is -0.120. The Morgan fingerprint density at radius 2 is 2.10 bits per heavy atom. The average molecular weight is 344 g/mol. The Kier molecular flexibility index (Phi) is 6.30. The molecule has 1 unspecified atom stereocenters. The van der Waals surface area contributed by atoms with Gasteiger partial charge in [0.15, 0.2) is 0 Å². The van der Waals surface area contributed by atoms with Crippen LogP contribution in [0, 0.1) is 0 Å². The molecule has 0 heterocycles. The predicted octanol–water partition coefficient (Wildman–Crippen LogP) is 2.10. The highest BCUT2D eigenvalue weighted by atomic mass is 79.9. The number of benzene rings is 1. The molecule has 1 atom stereocenters. The van der Waals surface area contributed by atoms with Crippen molar-refractivity contribution in [2.24, 2.45) is 0 Å². The summed E-state index contributed by atoms with van der Waals surface area (Å²) < 4.78 is 5.90. The molecule has 0 aliphatic rings. The highest BCUT2D eigenvalue weighted by Crippen LogP contribution is 2.27. The standard InChI is InChI=1S/C13H18BrN3O3/c1-4-15-13(19)17-12(18)8(2)16-9-5-6-11(20-3)10(14)7-9/h5-8,16H,4H2,1-3H3,(H2,15,17,18,19). The molecule has 1 rings (SSSR count). The van der Waals surface area contributed by atoms with E-state index < -0.39 is 18.0 Å². The lowest BCUT2D eigenvalue weighted by atomic mass is 10.2. The van der Waals surface area contributed by atoms with Gasteiger partial charge in [-0.1, -0.05) is 0 Å². The summed E-state index contributed by atoms with van der Waals surface area (Å²) in [6.07, 6.45) is 0. The first-order valence-corrected chi connectivity index (χ1v) is 6.96. The molecule has 0 aliphatic heterocycles. The number of hydrogen-bond acceptors (Lipinski definition) is 4. The van der Waals surface area contributed by atoms with Gasteiger partial charge in [0.2, 0.25) is 5.91 Å². The summed E-state index contributed by atoms with van der Waals surface area (Å²) in [5.41, 5.74) is 0.747. The summed E-state index contributed by atoms with van der Waals surface area (Å²) in [6.45, 7) is 3.92. The van der Waals surface area contributed by atoms with Crippen molar-refractivity contribution in [3.05, 3.63) is 22.7 Å². The predicted molar refractivity (Wildman–Crippen MR) is 81.0 cm³/mol. The summed E-state index contributed by atoms with van der Waals surface area (Å²) in [6, 6.07) is 4.33. The van der Waals surface area contributed by atoms with Crippen LogP contribution in [0.3, 0.4) is 0 Å². The molecule has 3 N–H and O–H groups in total. The van der Waals surface area contributed by atoms with Gasteiger partial charge in [-0.05, 0) is 48.0 Å². The largest absolute Gasteiger partial charge is 0.496 e. The van der Waals surface area contributed by atoms with Crippen molar-refractivity contribution >= 4 is 33.6 Å². The van der Waals surface area contributed by atoms with Crippen molar-refractivity contribution in [1.82, 2.24) is 10.6 Å². The van der Waals surface area contributed by atoms with E-state index in [0.717, 1.165) is 10.2 Å². The molecule has 6 nitrogen and oxygen atoms in total. The van der Waals surface area contributed by atoms with Gasteiger partial charge < -0.3 is 15.4 Å². The first-order chi connectivity index (χ1) is 9.47. The van der Waals surface area contributed by atoms with Crippen LogP contribution in [0.1, 0.15) is 13.8 Å². The summed E-state index contributed by atoms with van der Waals surface area (Å²) >= 11 is 3.37. The van der Waals surface area contributed by atoms with Crippen molar-refractivity contribution in [2.45, 2.75) is 19.9 Å². The van der Waals surface area contributed by atoms with Crippen molar-refractivity contribution in [3.8, 4) is 5.75 Å². The van der Waals surface area contributed by atoms with Crippen LogP contribution in [0.2, 0.25) is 0 Å². The lowest BCUT2D eigenvalue weighted by Gasteiger charge is -2.15. The van der Waals surface area contributed by atoms with Crippen LogP contribution in [0.5, 0.6) is 5.75 Å². The van der Waals surface area contributed by atoms with E-state index in [9.17, 15) is 9.59 Å². The molecule has 0 saturated heterocycles. The van der Waals surface area contributed by atoms with Crippen LogP contribution in [0.25, 0.3) is 0 Å². The smallest absolute Gasteiger partial charge is 0.321 e. The van der Waals surface area contributed by atoms with Crippen LogP contribution in [-0.2, 0) is 4.79 Å². The highest BCUT2D eigenvalue weighted by molar-refractivity contribution is 9.10. The maximum Gasteiger partial charge on any atom is 0.321 e. The molecule has 0 fully saturated rings. The SMILES string of the molecule is CCNC(=O)NC(=O)C(C)Nc1ccc(OC)c(Br)c1. The van der Waals surface area contributed by atoms with E-state index in [1.54, 1.807) is 39.2 Å². The van der Waals surface area contributed by atoms with Crippen LogP contribution >= 0.6 is 15.9 Å². The third-order valence-electron chi connectivity index (χ3n) is 2.50. The van der Waals surface area contributed by atoms with Crippen LogP contribution < -0.4 is 20.7 Å². The molecular weight excluding hydrogens is 326 g/mol.